The van der Waals surface area contributed by atoms with Gasteiger partial charge in [0.1, 0.15) is 4.21 Å². The summed E-state index contributed by atoms with van der Waals surface area (Å²) in [6.07, 6.45) is 3.06. The maximum Gasteiger partial charge on any atom is 0.252 e. The average Bonchev–Trinajstić information content (AvgIpc) is 2.79. The molecule has 1 fully saturated rings. The number of alkyl halides is 1. The third-order valence-corrected chi connectivity index (χ3v) is 6.36. The third kappa shape index (κ3) is 2.42. The standard InChI is InChI=1S/C10H14ClNO2S2/c11-7-9-6-10(15-8-9)16(13,14)12-4-2-1-3-5-12/h6,8H,1-5,7H2. The molecule has 1 aromatic heterocycles. The Bertz CT molecular complexity index is 449. The fourth-order valence-corrected chi connectivity index (χ4v) is 4.92. The van der Waals surface area contributed by atoms with Gasteiger partial charge in [-0.1, -0.05) is 6.42 Å². The van der Waals surface area contributed by atoms with E-state index >= 15 is 0 Å². The van der Waals surface area contributed by atoms with Crippen molar-refractivity contribution in [1.29, 1.82) is 0 Å². The Kier molecular flexibility index (Phi) is 3.89. The second kappa shape index (κ2) is 5.04. The predicted molar refractivity (Wildman–Crippen MR) is 66.5 cm³/mol. The van der Waals surface area contributed by atoms with Crippen LogP contribution in [-0.2, 0) is 15.9 Å². The molecule has 0 amide bonds. The van der Waals surface area contributed by atoms with Crippen LogP contribution in [0.1, 0.15) is 24.8 Å². The highest BCUT2D eigenvalue weighted by molar-refractivity contribution is 7.91. The molecular weight excluding hydrogens is 266 g/mol. The van der Waals surface area contributed by atoms with Crippen molar-refractivity contribution in [2.75, 3.05) is 13.1 Å². The van der Waals surface area contributed by atoms with Gasteiger partial charge in [-0.3, -0.25) is 0 Å². The monoisotopic (exact) mass is 279 g/mol. The lowest BCUT2D eigenvalue weighted by atomic mass is 10.2. The molecule has 1 aliphatic heterocycles. The minimum Gasteiger partial charge on any atom is -0.206 e. The maximum atomic E-state index is 12.2. The third-order valence-electron chi connectivity index (χ3n) is 2.69. The van der Waals surface area contributed by atoms with Crippen LogP contribution in [0.3, 0.4) is 0 Å². The van der Waals surface area contributed by atoms with E-state index in [1.165, 1.54) is 11.3 Å². The van der Waals surface area contributed by atoms with E-state index in [4.69, 9.17) is 11.6 Å². The Balaban J connectivity index is 2.23. The first-order chi connectivity index (χ1) is 7.64. The summed E-state index contributed by atoms with van der Waals surface area (Å²) in [5.74, 6) is 0.367. The summed E-state index contributed by atoms with van der Waals surface area (Å²) >= 11 is 6.94. The number of hydrogen-bond acceptors (Lipinski definition) is 3. The van der Waals surface area contributed by atoms with Crippen LogP contribution in [0.5, 0.6) is 0 Å². The second-order valence-electron chi connectivity index (χ2n) is 3.87. The second-order valence-corrected chi connectivity index (χ2v) is 7.22. The lowest BCUT2D eigenvalue weighted by molar-refractivity contribution is 0.347. The van der Waals surface area contributed by atoms with E-state index < -0.39 is 10.0 Å². The van der Waals surface area contributed by atoms with Crippen molar-refractivity contribution < 1.29 is 8.42 Å². The zero-order valence-electron chi connectivity index (χ0n) is 8.86. The van der Waals surface area contributed by atoms with Gasteiger partial charge < -0.3 is 0 Å². The van der Waals surface area contributed by atoms with Crippen molar-refractivity contribution in [2.24, 2.45) is 0 Å². The smallest absolute Gasteiger partial charge is 0.206 e. The molecular formula is C10H14ClNO2S2. The fraction of sp³-hybridized carbons (Fsp3) is 0.600. The van der Waals surface area contributed by atoms with Crippen molar-refractivity contribution in [3.63, 3.8) is 0 Å². The number of sulfonamides is 1. The molecule has 6 heteroatoms. The van der Waals surface area contributed by atoms with E-state index in [0.717, 1.165) is 24.8 Å². The summed E-state index contributed by atoms with van der Waals surface area (Å²) in [6.45, 7) is 1.30. The molecule has 0 spiro atoms. The van der Waals surface area contributed by atoms with Gasteiger partial charge in [0, 0.05) is 19.0 Å². The summed E-state index contributed by atoms with van der Waals surface area (Å²) < 4.78 is 26.4. The van der Waals surface area contributed by atoms with Gasteiger partial charge in [-0.05, 0) is 29.9 Å². The van der Waals surface area contributed by atoms with Crippen LogP contribution in [0.25, 0.3) is 0 Å². The van der Waals surface area contributed by atoms with E-state index in [1.54, 1.807) is 10.4 Å². The van der Waals surface area contributed by atoms with Crippen LogP contribution in [-0.4, -0.2) is 25.8 Å². The number of hydrogen-bond donors (Lipinski definition) is 0. The Morgan fingerprint density at radius 3 is 2.56 bits per heavy atom. The highest BCUT2D eigenvalue weighted by Gasteiger charge is 2.27. The first-order valence-electron chi connectivity index (χ1n) is 5.28. The first kappa shape index (κ1) is 12.4. The normalized spacial score (nSPS) is 18.8. The molecule has 1 aromatic rings. The van der Waals surface area contributed by atoms with Gasteiger partial charge in [0.15, 0.2) is 0 Å². The van der Waals surface area contributed by atoms with Crippen molar-refractivity contribution in [3.8, 4) is 0 Å². The molecule has 1 aliphatic rings. The van der Waals surface area contributed by atoms with E-state index in [2.05, 4.69) is 0 Å². The molecule has 90 valence electrons. The molecule has 0 N–H and O–H groups in total. The van der Waals surface area contributed by atoms with Gasteiger partial charge in [0.2, 0.25) is 0 Å². The minimum absolute atomic E-state index is 0.367. The molecule has 0 saturated carbocycles. The van der Waals surface area contributed by atoms with Gasteiger partial charge in [0.05, 0.1) is 0 Å². The zero-order chi connectivity index (χ0) is 11.6. The number of rotatable bonds is 3. The molecule has 3 nitrogen and oxygen atoms in total. The summed E-state index contributed by atoms with van der Waals surface area (Å²) in [5, 5.41) is 1.81. The fourth-order valence-electron chi connectivity index (χ4n) is 1.79. The summed E-state index contributed by atoms with van der Waals surface area (Å²) in [6, 6.07) is 1.68. The highest BCUT2D eigenvalue weighted by Crippen LogP contribution is 2.26. The van der Waals surface area contributed by atoms with E-state index in [9.17, 15) is 8.42 Å². The Morgan fingerprint density at radius 2 is 2.00 bits per heavy atom. The largest absolute Gasteiger partial charge is 0.252 e. The highest BCUT2D eigenvalue weighted by atomic mass is 35.5. The summed E-state index contributed by atoms with van der Waals surface area (Å²) in [7, 11) is -3.26. The van der Waals surface area contributed by atoms with Gasteiger partial charge in [-0.2, -0.15) is 4.31 Å². The van der Waals surface area contributed by atoms with Crippen LogP contribution in [0.15, 0.2) is 15.7 Å². The molecule has 2 heterocycles. The molecule has 0 unspecified atom stereocenters. The Morgan fingerprint density at radius 1 is 1.31 bits per heavy atom. The summed E-state index contributed by atoms with van der Waals surface area (Å²) in [5.41, 5.74) is 0.877. The Labute approximate surface area is 105 Å². The van der Waals surface area contributed by atoms with Crippen molar-refractivity contribution in [2.45, 2.75) is 29.4 Å². The molecule has 2 rings (SSSR count). The van der Waals surface area contributed by atoms with Crippen LogP contribution >= 0.6 is 22.9 Å². The van der Waals surface area contributed by atoms with E-state index in [-0.39, 0.29) is 0 Å². The lowest BCUT2D eigenvalue weighted by Crippen LogP contribution is -2.35. The molecule has 0 atom stereocenters. The lowest BCUT2D eigenvalue weighted by Gasteiger charge is -2.25. The van der Waals surface area contributed by atoms with Crippen LogP contribution in [0.2, 0.25) is 0 Å². The quantitative estimate of drug-likeness (QED) is 0.798. The molecule has 0 bridgehead atoms. The van der Waals surface area contributed by atoms with Gasteiger partial charge in [-0.15, -0.1) is 22.9 Å². The average molecular weight is 280 g/mol. The van der Waals surface area contributed by atoms with Gasteiger partial charge in [-0.25, -0.2) is 8.42 Å². The topological polar surface area (TPSA) is 37.4 Å². The zero-order valence-corrected chi connectivity index (χ0v) is 11.2. The van der Waals surface area contributed by atoms with E-state index in [1.807, 2.05) is 5.38 Å². The van der Waals surface area contributed by atoms with Crippen molar-refractivity contribution >= 4 is 33.0 Å². The van der Waals surface area contributed by atoms with E-state index in [0.29, 0.717) is 23.2 Å². The molecule has 0 aliphatic carbocycles. The van der Waals surface area contributed by atoms with Crippen LogP contribution in [0.4, 0.5) is 0 Å². The number of nitrogens with zero attached hydrogens (tertiary/aromatic N) is 1. The molecule has 0 radical (unpaired) electrons. The van der Waals surface area contributed by atoms with Crippen LogP contribution < -0.4 is 0 Å². The van der Waals surface area contributed by atoms with Crippen molar-refractivity contribution in [1.82, 2.24) is 4.31 Å². The molecule has 16 heavy (non-hydrogen) atoms. The number of piperidine rings is 1. The predicted octanol–water partition coefficient (Wildman–Crippen LogP) is 2.66. The minimum atomic E-state index is -3.26. The molecule has 0 aromatic carbocycles. The van der Waals surface area contributed by atoms with Gasteiger partial charge >= 0.3 is 0 Å². The van der Waals surface area contributed by atoms with Crippen LogP contribution in [0, 0.1) is 0 Å². The SMILES string of the molecule is O=S(=O)(c1cc(CCl)cs1)N1CCCCC1. The molecule has 1 saturated heterocycles. The number of halogens is 1. The van der Waals surface area contributed by atoms with Gasteiger partial charge in [0.25, 0.3) is 10.0 Å². The maximum absolute atomic E-state index is 12.2. The summed E-state index contributed by atoms with van der Waals surface area (Å²) in [4.78, 5) is 0. The number of thiophene rings is 1. The Hall–Kier alpha value is -0.100. The van der Waals surface area contributed by atoms with Crippen molar-refractivity contribution in [3.05, 3.63) is 17.0 Å². The first-order valence-corrected chi connectivity index (χ1v) is 8.13.